The van der Waals surface area contributed by atoms with Gasteiger partial charge in [0.15, 0.2) is 0 Å². The molecule has 0 spiro atoms. The lowest BCUT2D eigenvalue weighted by atomic mass is 9.73. The van der Waals surface area contributed by atoms with Crippen LogP contribution >= 0.6 is 0 Å². The first kappa shape index (κ1) is 12.1. The van der Waals surface area contributed by atoms with Gasteiger partial charge in [0.05, 0.1) is 24.4 Å². The van der Waals surface area contributed by atoms with E-state index in [1.807, 2.05) is 19.9 Å². The van der Waals surface area contributed by atoms with Gasteiger partial charge in [0.2, 0.25) is 0 Å². The average molecular weight is 226 g/mol. The number of rotatable bonds is 2. The Morgan fingerprint density at radius 3 is 2.62 bits per heavy atom. The van der Waals surface area contributed by atoms with Crippen LogP contribution in [0.2, 0.25) is 0 Å². The molecule has 2 N–H and O–H groups in total. The van der Waals surface area contributed by atoms with E-state index >= 15 is 0 Å². The van der Waals surface area contributed by atoms with E-state index in [-0.39, 0.29) is 30.7 Å². The summed E-state index contributed by atoms with van der Waals surface area (Å²) in [6.07, 6.45) is 1.61. The van der Waals surface area contributed by atoms with Crippen LogP contribution in [0, 0.1) is 17.8 Å². The monoisotopic (exact) mass is 226 g/mol. The van der Waals surface area contributed by atoms with Crippen molar-refractivity contribution in [3.05, 3.63) is 11.6 Å². The minimum atomic E-state index is -0.482. The van der Waals surface area contributed by atoms with Gasteiger partial charge < -0.3 is 14.9 Å². The zero-order valence-corrected chi connectivity index (χ0v) is 10.5. The van der Waals surface area contributed by atoms with Crippen LogP contribution in [0.25, 0.3) is 0 Å². The van der Waals surface area contributed by atoms with Crippen LogP contribution in [-0.2, 0) is 4.74 Å². The molecule has 3 nitrogen and oxygen atoms in total. The molecular weight excluding hydrogens is 204 g/mol. The fraction of sp³-hybridized carbons (Fsp3) is 0.846. The zero-order chi connectivity index (χ0) is 12.1. The van der Waals surface area contributed by atoms with Crippen LogP contribution in [0.15, 0.2) is 11.6 Å². The van der Waals surface area contributed by atoms with Crippen molar-refractivity contribution in [2.75, 3.05) is 6.61 Å². The summed E-state index contributed by atoms with van der Waals surface area (Å²) >= 11 is 0. The van der Waals surface area contributed by atoms with E-state index in [1.54, 1.807) is 0 Å². The molecule has 0 saturated carbocycles. The van der Waals surface area contributed by atoms with Gasteiger partial charge in [-0.3, -0.25) is 0 Å². The van der Waals surface area contributed by atoms with Crippen molar-refractivity contribution in [3.8, 4) is 0 Å². The fourth-order valence-electron chi connectivity index (χ4n) is 3.18. The Balaban J connectivity index is 2.37. The van der Waals surface area contributed by atoms with Crippen LogP contribution in [0.1, 0.15) is 27.7 Å². The molecule has 2 aliphatic heterocycles. The zero-order valence-electron chi connectivity index (χ0n) is 10.5. The molecule has 2 rings (SSSR count). The first-order chi connectivity index (χ1) is 7.41. The number of hydrogen-bond acceptors (Lipinski definition) is 3. The van der Waals surface area contributed by atoms with Gasteiger partial charge in [0.25, 0.3) is 0 Å². The standard InChI is InChI=1S/C13H22O3/c1-7(2)11-10-5-9(6-14)13(4,16-10)8(3)12(11)15/h5,7-8,10-12,14-15H,6H2,1-4H3/t8-,10+,11+,12?,13+/m1/s1. The topological polar surface area (TPSA) is 49.7 Å². The molecule has 3 heteroatoms. The van der Waals surface area contributed by atoms with E-state index in [9.17, 15) is 10.2 Å². The quantitative estimate of drug-likeness (QED) is 0.699. The highest BCUT2D eigenvalue weighted by Gasteiger charge is 2.54. The molecule has 0 radical (unpaired) electrons. The maximum atomic E-state index is 10.4. The van der Waals surface area contributed by atoms with Crippen LogP contribution in [-0.4, -0.2) is 34.6 Å². The van der Waals surface area contributed by atoms with Crippen molar-refractivity contribution >= 4 is 0 Å². The highest BCUT2D eigenvalue weighted by Crippen LogP contribution is 2.48. The minimum absolute atomic E-state index is 0.0227. The van der Waals surface area contributed by atoms with Crippen LogP contribution in [0.5, 0.6) is 0 Å². The first-order valence-corrected chi connectivity index (χ1v) is 6.09. The van der Waals surface area contributed by atoms with Crippen molar-refractivity contribution in [2.45, 2.75) is 45.5 Å². The van der Waals surface area contributed by atoms with Crippen molar-refractivity contribution in [2.24, 2.45) is 17.8 Å². The summed E-state index contributed by atoms with van der Waals surface area (Å²) in [5.74, 6) is 0.533. The van der Waals surface area contributed by atoms with Crippen molar-refractivity contribution in [1.82, 2.24) is 0 Å². The summed E-state index contributed by atoms with van der Waals surface area (Å²) in [4.78, 5) is 0. The average Bonchev–Trinajstić information content (AvgIpc) is 2.51. The van der Waals surface area contributed by atoms with Crippen LogP contribution in [0.3, 0.4) is 0 Å². The van der Waals surface area contributed by atoms with E-state index in [0.717, 1.165) is 5.57 Å². The second kappa shape index (κ2) is 3.83. The predicted molar refractivity (Wildman–Crippen MR) is 61.9 cm³/mol. The van der Waals surface area contributed by atoms with E-state index in [2.05, 4.69) is 13.8 Å². The number of ether oxygens (including phenoxy) is 1. The Hall–Kier alpha value is -0.380. The highest BCUT2D eigenvalue weighted by molar-refractivity contribution is 5.29. The summed E-state index contributed by atoms with van der Waals surface area (Å²) in [7, 11) is 0. The lowest BCUT2D eigenvalue weighted by molar-refractivity contribution is -0.182. The molecule has 0 aromatic rings. The van der Waals surface area contributed by atoms with Gasteiger partial charge in [-0.1, -0.05) is 26.8 Å². The van der Waals surface area contributed by atoms with E-state index < -0.39 is 5.60 Å². The first-order valence-electron chi connectivity index (χ1n) is 6.09. The normalized spacial score (nSPS) is 47.3. The van der Waals surface area contributed by atoms with Crippen molar-refractivity contribution in [1.29, 1.82) is 0 Å². The predicted octanol–water partition coefficient (Wildman–Crippen LogP) is 1.35. The molecule has 0 aliphatic carbocycles. The van der Waals surface area contributed by atoms with Crippen molar-refractivity contribution in [3.63, 3.8) is 0 Å². The molecule has 0 amide bonds. The molecule has 0 aromatic carbocycles. The fourth-order valence-corrected chi connectivity index (χ4v) is 3.18. The van der Waals surface area contributed by atoms with Gasteiger partial charge in [-0.05, 0) is 18.4 Å². The van der Waals surface area contributed by atoms with Gasteiger partial charge in [-0.2, -0.15) is 0 Å². The molecule has 92 valence electrons. The van der Waals surface area contributed by atoms with Crippen LogP contribution < -0.4 is 0 Å². The van der Waals surface area contributed by atoms with Gasteiger partial charge in [-0.25, -0.2) is 0 Å². The number of hydrogen-bond donors (Lipinski definition) is 2. The Morgan fingerprint density at radius 2 is 2.12 bits per heavy atom. The van der Waals surface area contributed by atoms with E-state index in [0.29, 0.717) is 5.92 Å². The van der Waals surface area contributed by atoms with Crippen molar-refractivity contribution < 1.29 is 14.9 Å². The van der Waals surface area contributed by atoms with E-state index in [1.165, 1.54) is 0 Å². The summed E-state index contributed by atoms with van der Waals surface area (Å²) in [5.41, 5.74) is 0.441. The molecular formula is C13H22O3. The van der Waals surface area contributed by atoms with Gasteiger partial charge in [0.1, 0.15) is 0 Å². The Kier molecular flexibility index (Phi) is 2.89. The molecule has 1 unspecified atom stereocenters. The molecule has 5 atom stereocenters. The third-order valence-corrected chi connectivity index (χ3v) is 4.48. The molecule has 0 aromatic heterocycles. The number of fused-ring (bicyclic) bond motifs is 2. The SMILES string of the molecule is CC(C)[C@@H]1C(O)[C@@H](C)[C@]2(C)O[C@H]1C=C2CO. The maximum Gasteiger partial charge on any atom is 0.0944 e. The number of aliphatic hydroxyl groups is 2. The largest absolute Gasteiger partial charge is 0.392 e. The minimum Gasteiger partial charge on any atom is -0.392 e. The Morgan fingerprint density at radius 1 is 1.50 bits per heavy atom. The second-order valence-corrected chi connectivity index (χ2v) is 5.64. The maximum absolute atomic E-state index is 10.4. The van der Waals surface area contributed by atoms with Gasteiger partial charge >= 0.3 is 0 Å². The summed E-state index contributed by atoms with van der Waals surface area (Å²) in [5, 5.41) is 19.7. The molecule has 2 bridgehead atoms. The highest BCUT2D eigenvalue weighted by atomic mass is 16.5. The molecule has 1 saturated heterocycles. The smallest absolute Gasteiger partial charge is 0.0944 e. The third-order valence-electron chi connectivity index (χ3n) is 4.48. The number of aliphatic hydroxyl groups excluding tert-OH is 2. The molecule has 16 heavy (non-hydrogen) atoms. The molecule has 2 heterocycles. The Labute approximate surface area is 97.1 Å². The summed E-state index contributed by atoms with van der Waals surface area (Å²) in [6, 6.07) is 0. The molecule has 2 aliphatic rings. The van der Waals surface area contributed by atoms with Crippen LogP contribution in [0.4, 0.5) is 0 Å². The van der Waals surface area contributed by atoms with E-state index in [4.69, 9.17) is 4.74 Å². The third kappa shape index (κ3) is 1.45. The summed E-state index contributed by atoms with van der Waals surface area (Å²) < 4.78 is 6.03. The van der Waals surface area contributed by atoms with Gasteiger partial charge in [0, 0.05) is 11.8 Å². The second-order valence-electron chi connectivity index (χ2n) is 5.64. The Bertz CT molecular complexity index is 310. The lowest BCUT2D eigenvalue weighted by Gasteiger charge is -2.47. The summed E-state index contributed by atoms with van der Waals surface area (Å²) in [6.45, 7) is 8.22. The van der Waals surface area contributed by atoms with Gasteiger partial charge in [-0.15, -0.1) is 0 Å². The lowest BCUT2D eigenvalue weighted by Crippen LogP contribution is -2.54. The molecule has 1 fully saturated rings.